The van der Waals surface area contributed by atoms with Gasteiger partial charge in [-0.25, -0.2) is 0 Å². The highest BCUT2D eigenvalue weighted by Gasteiger charge is 2.88. The van der Waals surface area contributed by atoms with Crippen molar-refractivity contribution in [3.05, 3.63) is 35.4 Å². The van der Waals surface area contributed by atoms with Crippen LogP contribution < -0.4 is 0 Å². The second-order valence-electron chi connectivity index (χ2n) is 5.34. The van der Waals surface area contributed by atoms with Crippen molar-refractivity contribution < 1.29 is 53.4 Å². The van der Waals surface area contributed by atoms with Crippen LogP contribution in [0, 0.1) is 0 Å². The number of hydrogen-bond acceptors (Lipinski definition) is 1. The Balaban J connectivity index is 3.37. The second kappa shape index (κ2) is 6.54. The predicted octanol–water partition coefficient (Wildman–Crippen LogP) is 5.39. The summed E-state index contributed by atoms with van der Waals surface area (Å²) in [6.07, 6.45) is -10.7. The number of hydrogen-bond donors (Lipinski definition) is 1. The van der Waals surface area contributed by atoms with Crippen LogP contribution in [-0.2, 0) is 6.42 Å². The van der Waals surface area contributed by atoms with Gasteiger partial charge in [-0.3, -0.25) is 0 Å². The van der Waals surface area contributed by atoms with Crippen LogP contribution in [0.15, 0.2) is 24.3 Å². The normalized spacial score (nSPS) is 15.9. The number of aliphatic hydroxyl groups is 1. The number of aryl methyl sites for hydroxylation is 1. The Morgan fingerprint density at radius 3 is 1.50 bits per heavy atom. The molecule has 0 aliphatic rings. The molecule has 0 spiro atoms. The molecule has 0 bridgehead atoms. The molecule has 12 heteroatoms. The Bertz CT molecular complexity index is 619. The van der Waals surface area contributed by atoms with E-state index in [0.29, 0.717) is 24.1 Å². The zero-order valence-electron chi connectivity index (χ0n) is 12.7. The van der Waals surface area contributed by atoms with E-state index in [1.807, 2.05) is 0 Å². The van der Waals surface area contributed by atoms with Gasteiger partial charge in [-0.1, -0.05) is 31.2 Å². The minimum absolute atomic E-state index is 0.346. The minimum atomic E-state index is -7.54. The van der Waals surface area contributed by atoms with Crippen molar-refractivity contribution >= 4 is 0 Å². The topological polar surface area (TPSA) is 20.2 Å². The number of aliphatic hydroxyl groups excluding tert-OH is 1. The first-order chi connectivity index (χ1) is 11.4. The molecule has 0 radical (unpaired) electrons. The molecule has 1 aromatic carbocycles. The average molecular weight is 404 g/mol. The summed E-state index contributed by atoms with van der Waals surface area (Å²) in [5.41, 5.74) is -0.608. The number of rotatable bonds is 6. The third-order valence-electron chi connectivity index (χ3n) is 3.61. The van der Waals surface area contributed by atoms with Crippen molar-refractivity contribution in [2.45, 2.75) is 49.3 Å². The summed E-state index contributed by atoms with van der Waals surface area (Å²) in [6.45, 7) is 1.61. The second-order valence-corrected chi connectivity index (χ2v) is 5.34. The van der Waals surface area contributed by atoms with Crippen LogP contribution in [0.3, 0.4) is 0 Å². The first-order valence-electron chi connectivity index (χ1n) is 6.80. The van der Waals surface area contributed by atoms with Gasteiger partial charge in [0.05, 0.1) is 0 Å². The molecule has 0 heterocycles. The fourth-order valence-corrected chi connectivity index (χ4v) is 1.90. The molecular weight excluding hydrogens is 393 g/mol. The van der Waals surface area contributed by atoms with Crippen LogP contribution in [0.2, 0.25) is 0 Å². The Labute approximate surface area is 139 Å². The molecule has 0 saturated heterocycles. The molecular formula is C14H11F11O. The first-order valence-corrected chi connectivity index (χ1v) is 6.80. The van der Waals surface area contributed by atoms with Gasteiger partial charge in [0.2, 0.25) is 0 Å². The highest BCUT2D eigenvalue weighted by Crippen LogP contribution is 2.59. The fraction of sp³-hybridized carbons (Fsp3) is 0.571. The number of benzene rings is 1. The van der Waals surface area contributed by atoms with Crippen LogP contribution in [0.4, 0.5) is 48.3 Å². The fourth-order valence-electron chi connectivity index (χ4n) is 1.90. The monoisotopic (exact) mass is 404 g/mol. The number of alkyl halides is 11. The zero-order chi connectivity index (χ0) is 20.8. The predicted molar refractivity (Wildman–Crippen MR) is 66.6 cm³/mol. The van der Waals surface area contributed by atoms with Crippen LogP contribution in [0.25, 0.3) is 0 Å². The van der Waals surface area contributed by atoms with E-state index < -0.39 is 41.5 Å². The molecule has 1 atom stereocenters. The number of halogens is 11. The van der Waals surface area contributed by atoms with E-state index in [2.05, 4.69) is 0 Å². The molecule has 1 unspecified atom stereocenters. The quantitative estimate of drug-likeness (QED) is 0.631. The van der Waals surface area contributed by atoms with Crippen molar-refractivity contribution in [3.63, 3.8) is 0 Å². The van der Waals surface area contributed by atoms with E-state index in [0.717, 1.165) is 12.1 Å². The van der Waals surface area contributed by atoms with Gasteiger partial charge in [0.25, 0.3) is 0 Å². The van der Waals surface area contributed by atoms with Gasteiger partial charge in [0.1, 0.15) is 6.10 Å². The lowest BCUT2D eigenvalue weighted by Gasteiger charge is -2.38. The van der Waals surface area contributed by atoms with Gasteiger partial charge in [-0.2, -0.15) is 48.3 Å². The summed E-state index contributed by atoms with van der Waals surface area (Å²) in [5.74, 6) is -28.6. The van der Waals surface area contributed by atoms with E-state index in [4.69, 9.17) is 0 Å². The lowest BCUT2D eigenvalue weighted by Crippen LogP contribution is -2.67. The van der Waals surface area contributed by atoms with Gasteiger partial charge < -0.3 is 5.11 Å². The van der Waals surface area contributed by atoms with Crippen molar-refractivity contribution in [1.82, 2.24) is 0 Å². The molecule has 26 heavy (non-hydrogen) atoms. The molecule has 0 fully saturated rings. The molecule has 1 N–H and O–H groups in total. The maximum Gasteiger partial charge on any atom is 0.460 e. The highest BCUT2D eigenvalue weighted by molar-refractivity contribution is 5.26. The molecule has 150 valence electrons. The molecule has 1 nitrogen and oxygen atoms in total. The Morgan fingerprint density at radius 2 is 1.15 bits per heavy atom. The van der Waals surface area contributed by atoms with Crippen molar-refractivity contribution in [3.8, 4) is 0 Å². The molecule has 0 amide bonds. The van der Waals surface area contributed by atoms with E-state index in [9.17, 15) is 53.4 Å². The van der Waals surface area contributed by atoms with Crippen molar-refractivity contribution in [2.75, 3.05) is 0 Å². The van der Waals surface area contributed by atoms with Crippen molar-refractivity contribution in [1.29, 1.82) is 0 Å². The average Bonchev–Trinajstić information content (AvgIpc) is 2.52. The van der Waals surface area contributed by atoms with Gasteiger partial charge >= 0.3 is 29.9 Å². The van der Waals surface area contributed by atoms with Crippen LogP contribution >= 0.6 is 0 Å². The van der Waals surface area contributed by atoms with E-state index in [1.165, 1.54) is 0 Å². The maximum atomic E-state index is 13.7. The van der Waals surface area contributed by atoms with E-state index >= 15 is 0 Å². The SMILES string of the molecule is CCc1ccc(C(O)C(F)(F)C(F)(F)C(F)(F)C(F)(F)C(F)(F)F)cc1. The van der Waals surface area contributed by atoms with Gasteiger partial charge in [0.15, 0.2) is 0 Å². The summed E-state index contributed by atoms with van der Waals surface area (Å²) < 4.78 is 142. The van der Waals surface area contributed by atoms with E-state index in [1.54, 1.807) is 6.92 Å². The molecule has 1 aromatic rings. The maximum absolute atomic E-state index is 13.7. The third kappa shape index (κ3) is 3.23. The summed E-state index contributed by atoms with van der Waals surface area (Å²) in [5, 5.41) is 9.29. The summed E-state index contributed by atoms with van der Waals surface area (Å²) in [6, 6.07) is 3.37. The van der Waals surface area contributed by atoms with Crippen LogP contribution in [0.5, 0.6) is 0 Å². The lowest BCUT2D eigenvalue weighted by molar-refractivity contribution is -0.429. The van der Waals surface area contributed by atoms with Crippen LogP contribution in [0.1, 0.15) is 24.2 Å². The van der Waals surface area contributed by atoms with Crippen LogP contribution in [-0.4, -0.2) is 35.0 Å². The Hall–Kier alpha value is -1.59. The largest absolute Gasteiger partial charge is 0.460 e. The lowest BCUT2D eigenvalue weighted by atomic mass is 9.91. The molecule has 0 aliphatic carbocycles. The summed E-state index contributed by atoms with van der Waals surface area (Å²) >= 11 is 0. The molecule has 0 saturated carbocycles. The Kier molecular flexibility index (Phi) is 5.64. The third-order valence-corrected chi connectivity index (χ3v) is 3.61. The Morgan fingerprint density at radius 1 is 0.731 bits per heavy atom. The van der Waals surface area contributed by atoms with Crippen molar-refractivity contribution in [2.24, 2.45) is 0 Å². The highest BCUT2D eigenvalue weighted by atomic mass is 19.4. The van der Waals surface area contributed by atoms with Gasteiger partial charge in [-0.15, -0.1) is 0 Å². The molecule has 1 rings (SSSR count). The van der Waals surface area contributed by atoms with Gasteiger partial charge in [-0.05, 0) is 17.5 Å². The zero-order valence-corrected chi connectivity index (χ0v) is 12.7. The smallest absolute Gasteiger partial charge is 0.382 e. The van der Waals surface area contributed by atoms with E-state index in [-0.39, 0.29) is 0 Å². The minimum Gasteiger partial charge on any atom is -0.382 e. The molecule has 0 aromatic heterocycles. The summed E-state index contributed by atoms with van der Waals surface area (Å²) in [7, 11) is 0. The summed E-state index contributed by atoms with van der Waals surface area (Å²) in [4.78, 5) is 0. The standard InChI is InChI=1S/C14H11F11O/c1-2-7-3-5-8(6-4-7)9(26)10(15,16)11(17,18)12(19,20)13(21,22)14(23,24)25/h3-6,9,26H,2H2,1H3. The molecule has 0 aliphatic heterocycles. The first kappa shape index (κ1) is 22.5. The van der Waals surface area contributed by atoms with Gasteiger partial charge in [0, 0.05) is 0 Å².